The molecule has 0 unspecified atom stereocenters. The SMILES string of the molecule is CC(C)(C)c1nc(-c2ccc(-c3ccccc3)nc2)nc(C(C)(C)C)n1.CCCOc1nc(C)nc(-c2ccc(-c3ccccc3)nc2)n1. The molecule has 0 aliphatic rings. The van der Waals surface area contributed by atoms with E-state index in [1.807, 2.05) is 92.8 Å². The van der Waals surface area contributed by atoms with Gasteiger partial charge in [0.05, 0.1) is 18.0 Å². The van der Waals surface area contributed by atoms with Crippen LogP contribution in [-0.4, -0.2) is 46.5 Å². The number of aromatic nitrogens is 8. The molecular formula is C40H44N8O. The van der Waals surface area contributed by atoms with E-state index in [1.165, 1.54) is 0 Å². The predicted molar refractivity (Wildman–Crippen MR) is 195 cm³/mol. The van der Waals surface area contributed by atoms with Crippen molar-refractivity contribution in [1.82, 2.24) is 39.9 Å². The van der Waals surface area contributed by atoms with Gasteiger partial charge in [-0.15, -0.1) is 0 Å². The van der Waals surface area contributed by atoms with Crippen LogP contribution in [0.5, 0.6) is 6.01 Å². The lowest BCUT2D eigenvalue weighted by atomic mass is 9.93. The van der Waals surface area contributed by atoms with Crippen LogP contribution in [-0.2, 0) is 10.8 Å². The standard InChI is InChI=1S/C22H26N4.C18H18N4O/c1-21(2,3)19-24-18(25-20(26-19)22(4,5)6)16-12-13-17(23-14-16)15-10-8-7-9-11-15;1-3-11-23-18-21-13(2)20-17(22-18)15-9-10-16(19-12-15)14-7-5-4-6-8-14/h7-14H,1-6H3;4-10,12H,3,11H2,1-2H3. The summed E-state index contributed by atoms with van der Waals surface area (Å²) in [7, 11) is 0. The Kier molecular flexibility index (Phi) is 10.8. The van der Waals surface area contributed by atoms with Crippen molar-refractivity contribution in [2.75, 3.05) is 6.61 Å². The first-order valence-corrected chi connectivity index (χ1v) is 16.6. The summed E-state index contributed by atoms with van der Waals surface area (Å²) in [5.41, 5.74) is 5.50. The van der Waals surface area contributed by atoms with Crippen molar-refractivity contribution >= 4 is 0 Å². The lowest BCUT2D eigenvalue weighted by Crippen LogP contribution is -2.24. The van der Waals surface area contributed by atoms with E-state index in [4.69, 9.17) is 19.7 Å². The van der Waals surface area contributed by atoms with Gasteiger partial charge in [-0.1, -0.05) is 109 Å². The van der Waals surface area contributed by atoms with Gasteiger partial charge in [0.1, 0.15) is 17.5 Å². The fourth-order valence-electron chi connectivity index (χ4n) is 4.63. The Hall–Kier alpha value is -5.44. The summed E-state index contributed by atoms with van der Waals surface area (Å²) < 4.78 is 5.51. The summed E-state index contributed by atoms with van der Waals surface area (Å²) in [6.45, 7) is 17.2. The maximum atomic E-state index is 5.51. The maximum Gasteiger partial charge on any atom is 0.320 e. The second kappa shape index (κ2) is 15.2. The molecule has 250 valence electrons. The van der Waals surface area contributed by atoms with E-state index in [9.17, 15) is 0 Å². The average molecular weight is 653 g/mol. The molecule has 9 nitrogen and oxygen atoms in total. The van der Waals surface area contributed by atoms with E-state index < -0.39 is 0 Å². The Bertz CT molecular complexity index is 1920. The highest BCUT2D eigenvalue weighted by Gasteiger charge is 2.25. The first-order chi connectivity index (χ1) is 23.4. The molecule has 2 aromatic carbocycles. The van der Waals surface area contributed by atoms with E-state index >= 15 is 0 Å². The van der Waals surface area contributed by atoms with E-state index in [0.29, 0.717) is 30.1 Å². The van der Waals surface area contributed by atoms with E-state index in [1.54, 1.807) is 6.20 Å². The van der Waals surface area contributed by atoms with Gasteiger partial charge < -0.3 is 4.74 Å². The zero-order chi connectivity index (χ0) is 35.0. The van der Waals surface area contributed by atoms with Crippen molar-refractivity contribution < 1.29 is 4.74 Å². The summed E-state index contributed by atoms with van der Waals surface area (Å²) in [4.78, 5) is 36.2. The number of ether oxygens (including phenoxy) is 1. The monoisotopic (exact) mass is 652 g/mol. The van der Waals surface area contributed by atoms with Gasteiger partial charge in [-0.05, 0) is 37.6 Å². The van der Waals surface area contributed by atoms with Gasteiger partial charge in [-0.25, -0.2) is 19.9 Å². The van der Waals surface area contributed by atoms with Crippen molar-refractivity contribution in [3.05, 3.63) is 115 Å². The van der Waals surface area contributed by atoms with Gasteiger partial charge in [0.2, 0.25) is 0 Å². The van der Waals surface area contributed by atoms with E-state index in [-0.39, 0.29) is 10.8 Å². The molecule has 0 atom stereocenters. The molecule has 0 saturated carbocycles. The number of aryl methyl sites for hydroxylation is 1. The zero-order valence-electron chi connectivity index (χ0n) is 29.6. The summed E-state index contributed by atoms with van der Waals surface area (Å²) >= 11 is 0. The Morgan fingerprint density at radius 3 is 1.39 bits per heavy atom. The molecule has 0 bridgehead atoms. The van der Waals surface area contributed by atoms with Crippen LogP contribution in [0.2, 0.25) is 0 Å². The number of nitrogens with zero attached hydrogens (tertiary/aromatic N) is 8. The Balaban J connectivity index is 0.000000192. The van der Waals surface area contributed by atoms with Crippen LogP contribution in [0, 0.1) is 6.92 Å². The van der Waals surface area contributed by atoms with Crippen LogP contribution in [0.1, 0.15) is 72.4 Å². The van der Waals surface area contributed by atoms with Crippen molar-refractivity contribution in [3.63, 3.8) is 0 Å². The first-order valence-electron chi connectivity index (χ1n) is 16.6. The van der Waals surface area contributed by atoms with Crippen molar-refractivity contribution in [1.29, 1.82) is 0 Å². The Labute approximate surface area is 289 Å². The third-order valence-corrected chi connectivity index (χ3v) is 7.32. The molecule has 9 heteroatoms. The Morgan fingerprint density at radius 2 is 0.980 bits per heavy atom. The molecule has 0 saturated heterocycles. The molecule has 4 heterocycles. The quantitative estimate of drug-likeness (QED) is 0.167. The molecular weight excluding hydrogens is 608 g/mol. The minimum Gasteiger partial charge on any atom is -0.463 e. The third-order valence-electron chi connectivity index (χ3n) is 7.32. The van der Waals surface area contributed by atoms with Crippen LogP contribution in [0.4, 0.5) is 0 Å². The van der Waals surface area contributed by atoms with Crippen molar-refractivity contribution in [3.8, 4) is 51.3 Å². The average Bonchev–Trinajstić information content (AvgIpc) is 3.11. The van der Waals surface area contributed by atoms with Crippen molar-refractivity contribution in [2.24, 2.45) is 0 Å². The molecule has 0 spiro atoms. The number of pyridine rings is 2. The van der Waals surface area contributed by atoms with Gasteiger partial charge in [0.15, 0.2) is 11.6 Å². The third kappa shape index (κ3) is 9.34. The normalized spacial score (nSPS) is 11.4. The second-order valence-electron chi connectivity index (χ2n) is 13.7. The fourth-order valence-corrected chi connectivity index (χ4v) is 4.63. The largest absolute Gasteiger partial charge is 0.463 e. The van der Waals surface area contributed by atoms with Gasteiger partial charge in [0, 0.05) is 45.5 Å². The summed E-state index contributed by atoms with van der Waals surface area (Å²) in [6.07, 6.45) is 4.53. The highest BCUT2D eigenvalue weighted by molar-refractivity contribution is 5.64. The van der Waals surface area contributed by atoms with Crippen LogP contribution in [0.25, 0.3) is 45.3 Å². The van der Waals surface area contributed by atoms with Gasteiger partial charge in [0.25, 0.3) is 0 Å². The molecule has 0 aliphatic heterocycles. The topological polar surface area (TPSA) is 112 Å². The number of rotatable bonds is 7. The molecule has 6 aromatic rings. The first kappa shape index (κ1) is 34.9. The van der Waals surface area contributed by atoms with Gasteiger partial charge >= 0.3 is 6.01 Å². The lowest BCUT2D eigenvalue weighted by Gasteiger charge is -2.22. The van der Waals surface area contributed by atoms with Gasteiger partial charge in [-0.2, -0.15) is 9.97 Å². The lowest BCUT2D eigenvalue weighted by molar-refractivity contribution is 0.291. The van der Waals surface area contributed by atoms with Crippen molar-refractivity contribution in [2.45, 2.75) is 72.6 Å². The number of hydrogen-bond acceptors (Lipinski definition) is 9. The maximum absolute atomic E-state index is 5.51. The molecule has 4 aromatic heterocycles. The second-order valence-corrected chi connectivity index (χ2v) is 13.7. The van der Waals surface area contributed by atoms with E-state index in [0.717, 1.165) is 51.7 Å². The highest BCUT2D eigenvalue weighted by Crippen LogP contribution is 2.27. The van der Waals surface area contributed by atoms with Crippen LogP contribution in [0.3, 0.4) is 0 Å². The minimum absolute atomic E-state index is 0.144. The molecule has 49 heavy (non-hydrogen) atoms. The summed E-state index contributed by atoms with van der Waals surface area (Å²) in [5.74, 6) is 3.50. The smallest absolute Gasteiger partial charge is 0.320 e. The van der Waals surface area contributed by atoms with Crippen LogP contribution in [0.15, 0.2) is 97.3 Å². The zero-order valence-corrected chi connectivity index (χ0v) is 29.6. The molecule has 0 fully saturated rings. The number of benzene rings is 2. The highest BCUT2D eigenvalue weighted by atomic mass is 16.5. The van der Waals surface area contributed by atoms with Crippen LogP contribution >= 0.6 is 0 Å². The van der Waals surface area contributed by atoms with E-state index in [2.05, 4.69) is 78.6 Å². The number of hydrogen-bond donors (Lipinski definition) is 0. The fraction of sp³-hybridized carbons (Fsp3) is 0.300. The predicted octanol–water partition coefficient (Wildman–Crippen LogP) is 8.89. The molecule has 0 radical (unpaired) electrons. The molecule has 0 N–H and O–H groups in total. The summed E-state index contributed by atoms with van der Waals surface area (Å²) in [6, 6.07) is 28.5. The summed E-state index contributed by atoms with van der Waals surface area (Å²) in [5, 5.41) is 0. The molecule has 0 amide bonds. The van der Waals surface area contributed by atoms with Crippen LogP contribution < -0.4 is 4.74 Å². The molecule has 6 rings (SSSR count). The Morgan fingerprint density at radius 1 is 0.510 bits per heavy atom. The molecule has 0 aliphatic carbocycles. The minimum atomic E-state index is -0.144. The van der Waals surface area contributed by atoms with Gasteiger partial charge in [-0.3, -0.25) is 9.97 Å².